The van der Waals surface area contributed by atoms with Crippen LogP contribution in [0.15, 0.2) is 23.0 Å². The fourth-order valence-electron chi connectivity index (χ4n) is 3.06. The van der Waals surface area contributed by atoms with Gasteiger partial charge in [0.25, 0.3) is 0 Å². The number of rotatable bonds is 7. The second-order valence-electron chi connectivity index (χ2n) is 5.87. The van der Waals surface area contributed by atoms with Crippen LogP contribution >= 0.6 is 0 Å². The molecule has 0 spiro atoms. The highest BCUT2D eigenvalue weighted by Crippen LogP contribution is 2.28. The van der Waals surface area contributed by atoms with Crippen LogP contribution in [0.3, 0.4) is 0 Å². The molecule has 1 aliphatic rings. The minimum absolute atomic E-state index is 0.804. The maximum Gasteiger partial charge on any atom is 0.0947 e. The van der Waals surface area contributed by atoms with Crippen LogP contribution in [0.1, 0.15) is 44.6 Å². The van der Waals surface area contributed by atoms with Crippen LogP contribution in [-0.4, -0.2) is 31.1 Å². The molecule has 1 heterocycles. The molecule has 0 bridgehead atoms. The molecule has 0 aliphatic heterocycles. The van der Waals surface area contributed by atoms with Crippen molar-refractivity contribution in [1.82, 2.24) is 10.2 Å². The molecule has 1 fully saturated rings. The summed E-state index contributed by atoms with van der Waals surface area (Å²) in [6.45, 7) is 5.43. The highest BCUT2D eigenvalue weighted by Gasteiger charge is 2.22. The summed E-state index contributed by atoms with van der Waals surface area (Å²) in [4.78, 5) is 2.54. The summed E-state index contributed by atoms with van der Waals surface area (Å²) >= 11 is 0. The van der Waals surface area contributed by atoms with Gasteiger partial charge in [-0.25, -0.2) is 0 Å². The van der Waals surface area contributed by atoms with Crippen molar-refractivity contribution in [3.63, 3.8) is 0 Å². The van der Waals surface area contributed by atoms with Gasteiger partial charge in [-0.1, -0.05) is 13.3 Å². The molecule has 0 radical (unpaired) electrons. The topological polar surface area (TPSA) is 28.4 Å². The standard InChI is InChI=1S/C16H28N2O/c1-3-14-4-6-16(7-5-14)18(2)10-9-17-12-15-8-11-19-13-15/h8,11,13-14,16-17H,3-7,9-10,12H2,1-2H3. The molecule has 1 N–H and O–H groups in total. The first-order chi connectivity index (χ1) is 9.29. The van der Waals surface area contributed by atoms with E-state index in [9.17, 15) is 0 Å². The number of nitrogens with zero attached hydrogens (tertiary/aromatic N) is 1. The maximum atomic E-state index is 5.06. The molecule has 108 valence electrons. The summed E-state index contributed by atoms with van der Waals surface area (Å²) in [5.41, 5.74) is 1.23. The fourth-order valence-corrected chi connectivity index (χ4v) is 3.06. The predicted octanol–water partition coefficient (Wildman–Crippen LogP) is 3.27. The quantitative estimate of drug-likeness (QED) is 0.766. The summed E-state index contributed by atoms with van der Waals surface area (Å²) in [6.07, 6.45) is 10.5. The molecule has 0 saturated heterocycles. The monoisotopic (exact) mass is 264 g/mol. The van der Waals surface area contributed by atoms with Crippen molar-refractivity contribution >= 4 is 0 Å². The molecule has 0 aromatic carbocycles. The lowest BCUT2D eigenvalue weighted by Crippen LogP contribution is -2.39. The van der Waals surface area contributed by atoms with E-state index in [1.807, 2.05) is 12.3 Å². The van der Waals surface area contributed by atoms with E-state index in [0.29, 0.717) is 0 Å². The molecular weight excluding hydrogens is 236 g/mol. The molecule has 1 saturated carbocycles. The average Bonchev–Trinajstić information content (AvgIpc) is 2.96. The van der Waals surface area contributed by atoms with Crippen LogP contribution in [0, 0.1) is 5.92 Å². The van der Waals surface area contributed by atoms with Crippen molar-refractivity contribution in [3.8, 4) is 0 Å². The van der Waals surface area contributed by atoms with E-state index in [4.69, 9.17) is 4.42 Å². The van der Waals surface area contributed by atoms with Crippen LogP contribution < -0.4 is 5.32 Å². The summed E-state index contributed by atoms with van der Waals surface area (Å²) in [5.74, 6) is 0.990. The Hall–Kier alpha value is -0.800. The molecular formula is C16H28N2O. The second-order valence-corrected chi connectivity index (χ2v) is 5.87. The molecule has 1 aromatic rings. The third-order valence-electron chi connectivity index (χ3n) is 4.57. The highest BCUT2D eigenvalue weighted by molar-refractivity contribution is 5.04. The maximum absolute atomic E-state index is 5.06. The smallest absolute Gasteiger partial charge is 0.0947 e. The van der Waals surface area contributed by atoms with Crippen molar-refractivity contribution < 1.29 is 4.42 Å². The largest absolute Gasteiger partial charge is 0.472 e. The van der Waals surface area contributed by atoms with E-state index in [1.54, 1.807) is 6.26 Å². The van der Waals surface area contributed by atoms with Crippen LogP contribution in [0.25, 0.3) is 0 Å². The van der Waals surface area contributed by atoms with Gasteiger partial charge in [0.2, 0.25) is 0 Å². The Morgan fingerprint density at radius 2 is 2.11 bits per heavy atom. The Morgan fingerprint density at radius 1 is 1.32 bits per heavy atom. The molecule has 0 unspecified atom stereocenters. The van der Waals surface area contributed by atoms with Crippen molar-refractivity contribution in [2.24, 2.45) is 5.92 Å². The van der Waals surface area contributed by atoms with Gasteiger partial charge in [-0.3, -0.25) is 0 Å². The molecule has 1 aromatic heterocycles. The first kappa shape index (κ1) is 14.6. The van der Waals surface area contributed by atoms with Crippen molar-refractivity contribution in [1.29, 1.82) is 0 Å². The Kier molecular flexibility index (Phi) is 5.93. The Morgan fingerprint density at radius 3 is 2.74 bits per heavy atom. The summed E-state index contributed by atoms with van der Waals surface area (Å²) in [6, 6.07) is 2.82. The SMILES string of the molecule is CCC1CCC(N(C)CCNCc2ccoc2)CC1. The predicted molar refractivity (Wildman–Crippen MR) is 79.1 cm³/mol. The molecule has 19 heavy (non-hydrogen) atoms. The number of nitrogens with one attached hydrogen (secondary N) is 1. The van der Waals surface area contributed by atoms with Crippen molar-refractivity contribution in [2.45, 2.75) is 51.6 Å². The number of hydrogen-bond acceptors (Lipinski definition) is 3. The molecule has 3 heteroatoms. The summed E-state index contributed by atoms with van der Waals surface area (Å²) in [5, 5.41) is 3.48. The number of furan rings is 1. The fraction of sp³-hybridized carbons (Fsp3) is 0.750. The average molecular weight is 264 g/mol. The minimum atomic E-state index is 0.804. The molecule has 2 rings (SSSR count). The van der Waals surface area contributed by atoms with Gasteiger partial charge < -0.3 is 14.6 Å². The van der Waals surface area contributed by atoms with E-state index in [-0.39, 0.29) is 0 Å². The Bertz CT molecular complexity index is 329. The lowest BCUT2D eigenvalue weighted by Gasteiger charge is -2.34. The summed E-state index contributed by atoms with van der Waals surface area (Å²) < 4.78 is 5.06. The second kappa shape index (κ2) is 7.71. The zero-order valence-corrected chi connectivity index (χ0v) is 12.4. The Balaban J connectivity index is 1.58. The van der Waals surface area contributed by atoms with E-state index < -0.39 is 0 Å². The van der Waals surface area contributed by atoms with Gasteiger partial charge in [0.05, 0.1) is 12.5 Å². The highest BCUT2D eigenvalue weighted by atomic mass is 16.3. The van der Waals surface area contributed by atoms with Crippen LogP contribution in [0.4, 0.5) is 0 Å². The van der Waals surface area contributed by atoms with Crippen molar-refractivity contribution in [3.05, 3.63) is 24.2 Å². The van der Waals surface area contributed by atoms with E-state index >= 15 is 0 Å². The van der Waals surface area contributed by atoms with Crippen LogP contribution in [0.2, 0.25) is 0 Å². The van der Waals surface area contributed by atoms with Gasteiger partial charge in [0.15, 0.2) is 0 Å². The van der Waals surface area contributed by atoms with Gasteiger partial charge in [0.1, 0.15) is 0 Å². The Labute approximate surface area is 117 Å². The van der Waals surface area contributed by atoms with E-state index in [1.165, 1.54) is 37.7 Å². The lowest BCUT2D eigenvalue weighted by atomic mass is 9.84. The first-order valence-electron chi connectivity index (χ1n) is 7.71. The van der Waals surface area contributed by atoms with E-state index in [0.717, 1.165) is 31.6 Å². The molecule has 3 nitrogen and oxygen atoms in total. The van der Waals surface area contributed by atoms with Gasteiger partial charge in [0, 0.05) is 31.2 Å². The molecule has 1 aliphatic carbocycles. The first-order valence-corrected chi connectivity index (χ1v) is 7.71. The van der Waals surface area contributed by atoms with Gasteiger partial charge in [-0.2, -0.15) is 0 Å². The zero-order valence-electron chi connectivity index (χ0n) is 12.4. The third-order valence-corrected chi connectivity index (χ3v) is 4.57. The normalized spacial score (nSPS) is 23.9. The molecule has 0 amide bonds. The third kappa shape index (κ3) is 4.66. The number of likely N-dealkylation sites (N-methyl/N-ethyl adjacent to an activating group) is 1. The van der Waals surface area contributed by atoms with Gasteiger partial charge in [-0.05, 0) is 44.7 Å². The lowest BCUT2D eigenvalue weighted by molar-refractivity contribution is 0.164. The van der Waals surface area contributed by atoms with Crippen LogP contribution in [-0.2, 0) is 6.54 Å². The summed E-state index contributed by atoms with van der Waals surface area (Å²) in [7, 11) is 2.27. The molecule has 0 atom stereocenters. The number of hydrogen-bond donors (Lipinski definition) is 1. The van der Waals surface area contributed by atoms with Crippen LogP contribution in [0.5, 0.6) is 0 Å². The minimum Gasteiger partial charge on any atom is -0.472 e. The van der Waals surface area contributed by atoms with Gasteiger partial charge in [-0.15, -0.1) is 0 Å². The zero-order chi connectivity index (χ0) is 13.5. The van der Waals surface area contributed by atoms with E-state index in [2.05, 4.69) is 24.2 Å². The van der Waals surface area contributed by atoms with Crippen molar-refractivity contribution in [2.75, 3.05) is 20.1 Å². The van der Waals surface area contributed by atoms with Gasteiger partial charge >= 0.3 is 0 Å².